The number of amides is 1. The molecule has 0 bridgehead atoms. The zero-order valence-corrected chi connectivity index (χ0v) is 23.0. The average molecular weight is 583 g/mol. The van der Waals surface area contributed by atoms with Crippen molar-refractivity contribution in [3.8, 4) is 34.1 Å². The second kappa shape index (κ2) is 11.2. The van der Waals surface area contributed by atoms with Crippen LogP contribution in [0.4, 0.5) is 14.5 Å². The van der Waals surface area contributed by atoms with Gasteiger partial charge in [-0.05, 0) is 55.5 Å². The number of hydrogen-bond acceptors (Lipinski definition) is 6. The number of benzene rings is 2. The molecule has 0 spiro atoms. The summed E-state index contributed by atoms with van der Waals surface area (Å²) in [6, 6.07) is 14.1. The minimum Gasteiger partial charge on any atom is -0.493 e. The SMILES string of the molecule is CCOc1ccn(-c2ccc(F)cc2)c(=O)c1C(=O)Nc1ccc(Oc2ccnn3ccc(-c4cnn(C)c4)c23)c(F)c1. The number of pyridine rings is 1. The highest BCUT2D eigenvalue weighted by molar-refractivity contribution is 6.06. The number of ether oxygens (including phenoxy) is 2. The number of carbonyl (C=O) groups is 1. The summed E-state index contributed by atoms with van der Waals surface area (Å²) in [7, 11) is 1.81. The summed E-state index contributed by atoms with van der Waals surface area (Å²) >= 11 is 0. The van der Waals surface area contributed by atoms with E-state index in [4.69, 9.17) is 9.47 Å². The van der Waals surface area contributed by atoms with Crippen molar-refractivity contribution in [2.45, 2.75) is 6.92 Å². The Morgan fingerprint density at radius 3 is 2.49 bits per heavy atom. The maximum atomic E-state index is 15.3. The lowest BCUT2D eigenvalue weighted by Crippen LogP contribution is -2.29. The first kappa shape index (κ1) is 27.4. The van der Waals surface area contributed by atoms with Crippen molar-refractivity contribution < 1.29 is 23.0 Å². The topological polar surface area (TPSA) is 105 Å². The van der Waals surface area contributed by atoms with Crippen molar-refractivity contribution in [1.29, 1.82) is 0 Å². The highest BCUT2D eigenvalue weighted by atomic mass is 19.1. The number of hydrogen-bond donors (Lipinski definition) is 1. The molecule has 0 aliphatic heterocycles. The molecule has 0 saturated carbocycles. The van der Waals surface area contributed by atoms with Crippen LogP contribution in [0, 0.1) is 11.6 Å². The third kappa shape index (κ3) is 5.33. The van der Waals surface area contributed by atoms with Crippen LogP contribution in [0.5, 0.6) is 17.2 Å². The molecule has 10 nitrogen and oxygen atoms in total. The maximum absolute atomic E-state index is 15.3. The Balaban J connectivity index is 1.28. The van der Waals surface area contributed by atoms with Gasteiger partial charge in [-0.3, -0.25) is 18.8 Å². The quantitative estimate of drug-likeness (QED) is 0.250. The third-order valence-electron chi connectivity index (χ3n) is 6.63. The molecule has 0 aliphatic rings. The van der Waals surface area contributed by atoms with Gasteiger partial charge in [0.1, 0.15) is 22.6 Å². The van der Waals surface area contributed by atoms with E-state index in [1.165, 1.54) is 59.4 Å². The van der Waals surface area contributed by atoms with E-state index in [9.17, 15) is 14.0 Å². The molecule has 0 fully saturated rings. The summed E-state index contributed by atoms with van der Waals surface area (Å²) < 4.78 is 44.7. The first-order chi connectivity index (χ1) is 20.8. The Kier molecular flexibility index (Phi) is 7.16. The average Bonchev–Trinajstić information content (AvgIpc) is 3.62. The molecule has 6 rings (SSSR count). The van der Waals surface area contributed by atoms with Crippen molar-refractivity contribution in [3.05, 3.63) is 119 Å². The summed E-state index contributed by atoms with van der Waals surface area (Å²) in [4.78, 5) is 26.7. The maximum Gasteiger partial charge on any atom is 0.271 e. The van der Waals surface area contributed by atoms with Gasteiger partial charge in [-0.1, -0.05) is 0 Å². The minimum atomic E-state index is -0.803. The monoisotopic (exact) mass is 582 g/mol. The van der Waals surface area contributed by atoms with Gasteiger partial charge in [0.25, 0.3) is 11.5 Å². The Morgan fingerprint density at radius 2 is 1.77 bits per heavy atom. The molecule has 6 aromatic rings. The molecule has 2 aromatic carbocycles. The first-order valence-corrected chi connectivity index (χ1v) is 13.2. The number of aryl methyl sites for hydroxylation is 1. The summed E-state index contributed by atoms with van der Waals surface area (Å²) in [6.07, 6.45) is 8.30. The Bertz CT molecular complexity index is 2030. The molecule has 0 atom stereocenters. The van der Waals surface area contributed by atoms with E-state index in [0.717, 1.165) is 17.2 Å². The van der Waals surface area contributed by atoms with E-state index >= 15 is 4.39 Å². The molecular weight excluding hydrogens is 558 g/mol. The zero-order chi connectivity index (χ0) is 30.1. The molecule has 0 aliphatic carbocycles. The minimum absolute atomic E-state index is 0.0575. The predicted molar refractivity (Wildman–Crippen MR) is 155 cm³/mol. The second-order valence-electron chi connectivity index (χ2n) is 9.46. The van der Waals surface area contributed by atoms with Gasteiger partial charge in [0, 0.05) is 60.3 Å². The van der Waals surface area contributed by atoms with Crippen LogP contribution in [0.25, 0.3) is 22.3 Å². The highest BCUT2D eigenvalue weighted by Gasteiger charge is 2.21. The number of anilines is 1. The number of carbonyl (C=O) groups excluding carboxylic acids is 1. The van der Waals surface area contributed by atoms with Crippen LogP contribution >= 0.6 is 0 Å². The lowest BCUT2D eigenvalue weighted by molar-refractivity contribution is 0.102. The van der Waals surface area contributed by atoms with Crippen molar-refractivity contribution in [3.63, 3.8) is 0 Å². The molecule has 1 N–H and O–H groups in total. The zero-order valence-electron chi connectivity index (χ0n) is 23.0. The van der Waals surface area contributed by atoms with Gasteiger partial charge < -0.3 is 14.8 Å². The van der Waals surface area contributed by atoms with Crippen molar-refractivity contribution >= 4 is 17.1 Å². The van der Waals surface area contributed by atoms with Gasteiger partial charge in [0.15, 0.2) is 17.3 Å². The first-order valence-electron chi connectivity index (χ1n) is 13.2. The van der Waals surface area contributed by atoms with Crippen LogP contribution in [0.15, 0.2) is 96.4 Å². The molecule has 0 radical (unpaired) electrons. The Morgan fingerprint density at radius 1 is 0.953 bits per heavy atom. The number of nitrogens with zero attached hydrogens (tertiary/aromatic N) is 5. The molecule has 4 heterocycles. The van der Waals surface area contributed by atoms with E-state index in [1.54, 1.807) is 34.6 Å². The van der Waals surface area contributed by atoms with E-state index in [1.807, 2.05) is 19.3 Å². The molecule has 0 saturated heterocycles. The van der Waals surface area contributed by atoms with Gasteiger partial charge in [-0.15, -0.1) is 0 Å². The smallest absolute Gasteiger partial charge is 0.271 e. The Labute approximate surface area is 243 Å². The summed E-state index contributed by atoms with van der Waals surface area (Å²) in [5.41, 5.74) is 1.74. The van der Waals surface area contributed by atoms with E-state index in [2.05, 4.69) is 15.5 Å². The van der Waals surface area contributed by atoms with Crippen molar-refractivity contribution in [1.82, 2.24) is 24.0 Å². The molecule has 216 valence electrons. The fourth-order valence-electron chi connectivity index (χ4n) is 4.67. The van der Waals surface area contributed by atoms with Crippen LogP contribution in [0.1, 0.15) is 17.3 Å². The van der Waals surface area contributed by atoms with Gasteiger partial charge in [-0.25, -0.2) is 13.3 Å². The summed E-state index contributed by atoms with van der Waals surface area (Å²) in [6.45, 7) is 1.92. The van der Waals surface area contributed by atoms with Crippen LogP contribution in [-0.2, 0) is 7.05 Å². The second-order valence-corrected chi connectivity index (χ2v) is 9.46. The van der Waals surface area contributed by atoms with E-state index in [-0.39, 0.29) is 29.4 Å². The van der Waals surface area contributed by atoms with Crippen LogP contribution in [-0.4, -0.2) is 36.5 Å². The van der Waals surface area contributed by atoms with Gasteiger partial charge >= 0.3 is 0 Å². The van der Waals surface area contributed by atoms with Crippen LogP contribution in [0.2, 0.25) is 0 Å². The molecule has 1 amide bonds. The molecule has 43 heavy (non-hydrogen) atoms. The molecule has 4 aromatic heterocycles. The van der Waals surface area contributed by atoms with Gasteiger partial charge in [0.2, 0.25) is 0 Å². The van der Waals surface area contributed by atoms with E-state index in [0.29, 0.717) is 17.0 Å². The van der Waals surface area contributed by atoms with Crippen molar-refractivity contribution in [2.75, 3.05) is 11.9 Å². The summed E-state index contributed by atoms with van der Waals surface area (Å²) in [5.74, 6) is -1.68. The molecule has 12 heteroatoms. The fraction of sp³-hybridized carbons (Fsp3) is 0.0968. The number of halogens is 2. The summed E-state index contributed by atoms with van der Waals surface area (Å²) in [5, 5.41) is 11.1. The predicted octanol–water partition coefficient (Wildman–Crippen LogP) is 5.61. The molecular formula is C31H24F2N6O4. The third-order valence-corrected chi connectivity index (χ3v) is 6.63. The standard InChI is InChI=1S/C31H24F2N6O4/c1-3-42-26-12-14-38(22-7-4-20(32)5-8-22)31(41)28(26)30(40)36-21-6-9-25(24(33)16-21)43-27-10-13-34-39-15-11-23(29(27)39)19-17-35-37(2)18-19/h4-18H,3H2,1-2H3,(H,36,40). The number of nitrogens with one attached hydrogen (secondary N) is 1. The van der Waals surface area contributed by atoms with Crippen LogP contribution in [0.3, 0.4) is 0 Å². The lowest BCUT2D eigenvalue weighted by atomic mass is 10.1. The largest absolute Gasteiger partial charge is 0.493 e. The van der Waals surface area contributed by atoms with E-state index < -0.39 is 23.1 Å². The lowest BCUT2D eigenvalue weighted by Gasteiger charge is -2.14. The van der Waals surface area contributed by atoms with Crippen LogP contribution < -0.4 is 20.3 Å². The van der Waals surface area contributed by atoms with Crippen molar-refractivity contribution in [2.24, 2.45) is 7.05 Å². The fourth-order valence-corrected chi connectivity index (χ4v) is 4.67. The van der Waals surface area contributed by atoms with Gasteiger partial charge in [0.05, 0.1) is 19.0 Å². The normalized spacial score (nSPS) is 11.1. The Hall–Kier alpha value is -5.78. The number of fused-ring (bicyclic) bond motifs is 1. The number of rotatable bonds is 8. The van der Waals surface area contributed by atoms with Gasteiger partial charge in [-0.2, -0.15) is 10.2 Å². The molecule has 0 unspecified atom stereocenters. The number of aromatic nitrogens is 5. The highest BCUT2D eigenvalue weighted by Crippen LogP contribution is 2.35.